The van der Waals surface area contributed by atoms with Crippen LogP contribution in [0.25, 0.3) is 0 Å². The molecule has 2 aliphatic heterocycles. The fraction of sp³-hybridized carbons (Fsp3) is 0.588. The molecule has 2 N–H and O–H groups in total. The van der Waals surface area contributed by atoms with E-state index in [1.54, 1.807) is 7.05 Å². The third-order valence-corrected chi connectivity index (χ3v) is 4.64. The molecule has 140 valence electrons. The van der Waals surface area contributed by atoms with Crippen molar-refractivity contribution in [2.45, 2.75) is 31.5 Å². The average molecular weight is 466 g/mol. The molecule has 0 saturated carbocycles. The van der Waals surface area contributed by atoms with Gasteiger partial charge in [0.1, 0.15) is 11.6 Å². The highest BCUT2D eigenvalue weighted by atomic mass is 127. The molecule has 2 fully saturated rings. The molecule has 0 spiro atoms. The Morgan fingerprint density at radius 2 is 2.20 bits per heavy atom. The van der Waals surface area contributed by atoms with Crippen molar-refractivity contribution in [1.29, 1.82) is 0 Å². The van der Waals surface area contributed by atoms with Crippen LogP contribution in [-0.4, -0.2) is 56.3 Å². The molecule has 5 nitrogen and oxygen atoms in total. The van der Waals surface area contributed by atoms with Crippen molar-refractivity contribution in [1.82, 2.24) is 15.5 Å². The number of nitrogens with one attached hydrogen (secondary N) is 2. The number of benzene rings is 1. The van der Waals surface area contributed by atoms with Gasteiger partial charge in [-0.1, -0.05) is 0 Å². The number of hydrogen-bond acceptors (Lipinski definition) is 3. The Bertz CT molecular complexity index is 602. The zero-order chi connectivity index (χ0) is 16.9. The van der Waals surface area contributed by atoms with Gasteiger partial charge < -0.3 is 15.4 Å². The lowest BCUT2D eigenvalue weighted by molar-refractivity contribution is -0.0453. The van der Waals surface area contributed by atoms with E-state index in [0.29, 0.717) is 18.5 Å². The molecular weight excluding hydrogens is 441 g/mol. The van der Waals surface area contributed by atoms with Gasteiger partial charge in [0, 0.05) is 38.3 Å². The van der Waals surface area contributed by atoms with Crippen LogP contribution in [0.1, 0.15) is 18.4 Å². The first-order valence-corrected chi connectivity index (χ1v) is 8.40. The zero-order valence-corrected chi connectivity index (χ0v) is 16.6. The molecule has 1 aromatic carbocycles. The molecular formula is C17H25F2IN4O. The molecule has 1 aromatic rings. The summed E-state index contributed by atoms with van der Waals surface area (Å²) in [5.74, 6) is -0.340. The summed E-state index contributed by atoms with van der Waals surface area (Å²) in [6.45, 7) is 3.66. The molecule has 0 aliphatic carbocycles. The highest BCUT2D eigenvalue weighted by Crippen LogP contribution is 2.22. The van der Waals surface area contributed by atoms with Crippen LogP contribution < -0.4 is 10.6 Å². The second kappa shape index (κ2) is 9.63. The molecule has 2 aliphatic rings. The van der Waals surface area contributed by atoms with Gasteiger partial charge in [0.25, 0.3) is 0 Å². The molecule has 8 heteroatoms. The van der Waals surface area contributed by atoms with Gasteiger partial charge in [-0.2, -0.15) is 0 Å². The first-order valence-electron chi connectivity index (χ1n) is 8.40. The Labute approximate surface area is 164 Å². The molecule has 2 atom stereocenters. The third kappa shape index (κ3) is 5.49. The molecule has 2 heterocycles. The van der Waals surface area contributed by atoms with Crippen LogP contribution >= 0.6 is 24.0 Å². The molecule has 0 radical (unpaired) electrons. The number of nitrogens with zero attached hydrogens (tertiary/aromatic N) is 2. The first-order chi connectivity index (χ1) is 11.7. The van der Waals surface area contributed by atoms with Crippen molar-refractivity contribution >= 4 is 29.9 Å². The topological polar surface area (TPSA) is 48.9 Å². The van der Waals surface area contributed by atoms with E-state index in [0.717, 1.165) is 31.8 Å². The van der Waals surface area contributed by atoms with Gasteiger partial charge in [-0.25, -0.2) is 8.78 Å². The minimum absolute atomic E-state index is 0. The summed E-state index contributed by atoms with van der Waals surface area (Å²) in [5.41, 5.74) is 0.270. The fourth-order valence-corrected chi connectivity index (χ4v) is 3.30. The van der Waals surface area contributed by atoms with Crippen LogP contribution in [0.2, 0.25) is 0 Å². The van der Waals surface area contributed by atoms with Crippen molar-refractivity contribution < 1.29 is 13.5 Å². The van der Waals surface area contributed by atoms with Gasteiger partial charge in [-0.15, -0.1) is 24.0 Å². The fourth-order valence-electron chi connectivity index (χ4n) is 3.30. The normalized spacial score (nSPS) is 23.7. The van der Waals surface area contributed by atoms with Crippen molar-refractivity contribution in [3.8, 4) is 0 Å². The van der Waals surface area contributed by atoms with Gasteiger partial charge in [-0.3, -0.25) is 9.89 Å². The Balaban J connectivity index is 0.00000225. The first kappa shape index (κ1) is 20.3. The lowest BCUT2D eigenvalue weighted by Gasteiger charge is -2.35. The SMILES string of the molecule is CN=C(NCc1cc(F)ccc1F)NCC1CN2CCCC2CO1.I. The maximum absolute atomic E-state index is 13.6. The lowest BCUT2D eigenvalue weighted by atomic mass is 10.2. The number of morpholine rings is 1. The van der Waals surface area contributed by atoms with Crippen LogP contribution in [0.5, 0.6) is 0 Å². The van der Waals surface area contributed by atoms with E-state index < -0.39 is 11.6 Å². The molecule has 0 bridgehead atoms. The van der Waals surface area contributed by atoms with Gasteiger partial charge in [0.05, 0.1) is 12.7 Å². The predicted octanol–water partition coefficient (Wildman–Crippen LogP) is 2.11. The average Bonchev–Trinajstić information content (AvgIpc) is 3.05. The summed E-state index contributed by atoms with van der Waals surface area (Å²) in [7, 11) is 1.65. The predicted molar refractivity (Wildman–Crippen MR) is 104 cm³/mol. The van der Waals surface area contributed by atoms with E-state index in [2.05, 4.69) is 20.5 Å². The summed E-state index contributed by atoms with van der Waals surface area (Å²) in [5, 5.41) is 6.20. The van der Waals surface area contributed by atoms with Crippen molar-refractivity contribution in [2.24, 2.45) is 4.99 Å². The minimum atomic E-state index is -0.452. The van der Waals surface area contributed by atoms with Crippen molar-refractivity contribution in [3.05, 3.63) is 35.4 Å². The molecule has 0 amide bonds. The van der Waals surface area contributed by atoms with E-state index in [-0.39, 0.29) is 42.2 Å². The van der Waals surface area contributed by atoms with Crippen LogP contribution in [0.15, 0.2) is 23.2 Å². The number of aliphatic imine (C=N–C) groups is 1. The standard InChI is InChI=1S/C17H24F2N4O.HI/c1-20-17(21-8-12-7-13(18)4-5-16(12)19)22-9-15-10-23-6-2-3-14(23)11-24-15;/h4-5,7,14-15H,2-3,6,8-11H2,1H3,(H2,20,21,22);1H. The van der Waals surface area contributed by atoms with Gasteiger partial charge in [-0.05, 0) is 37.6 Å². The Morgan fingerprint density at radius 1 is 1.36 bits per heavy atom. The number of hydrogen-bond donors (Lipinski definition) is 2. The van der Waals surface area contributed by atoms with Crippen LogP contribution in [-0.2, 0) is 11.3 Å². The van der Waals surface area contributed by atoms with Gasteiger partial charge in [0.2, 0.25) is 0 Å². The second-order valence-electron chi connectivity index (χ2n) is 6.29. The smallest absolute Gasteiger partial charge is 0.191 e. The number of ether oxygens (including phenoxy) is 1. The van der Waals surface area contributed by atoms with E-state index in [1.807, 2.05) is 0 Å². The van der Waals surface area contributed by atoms with Crippen LogP contribution in [0.4, 0.5) is 8.78 Å². The second-order valence-corrected chi connectivity index (χ2v) is 6.29. The zero-order valence-electron chi connectivity index (χ0n) is 14.3. The largest absolute Gasteiger partial charge is 0.373 e. The molecule has 3 rings (SSSR count). The Morgan fingerprint density at radius 3 is 3.00 bits per heavy atom. The van der Waals surface area contributed by atoms with E-state index in [9.17, 15) is 8.78 Å². The summed E-state index contributed by atoms with van der Waals surface area (Å²) in [6, 6.07) is 4.01. The molecule has 2 unspecified atom stereocenters. The van der Waals surface area contributed by atoms with Gasteiger partial charge in [0.15, 0.2) is 5.96 Å². The number of rotatable bonds is 4. The highest BCUT2D eigenvalue weighted by molar-refractivity contribution is 14.0. The number of guanidine groups is 1. The summed E-state index contributed by atoms with van der Waals surface area (Å²) in [6.07, 6.45) is 2.59. The van der Waals surface area contributed by atoms with Crippen LogP contribution in [0, 0.1) is 11.6 Å². The lowest BCUT2D eigenvalue weighted by Crippen LogP contribution is -2.51. The minimum Gasteiger partial charge on any atom is -0.373 e. The van der Waals surface area contributed by atoms with Gasteiger partial charge >= 0.3 is 0 Å². The number of fused-ring (bicyclic) bond motifs is 1. The molecule has 0 aromatic heterocycles. The Kier molecular flexibility index (Phi) is 7.82. The molecule has 25 heavy (non-hydrogen) atoms. The molecule has 2 saturated heterocycles. The Hall–Kier alpha value is -1.00. The number of halogens is 3. The quantitative estimate of drug-likeness (QED) is 0.406. The summed E-state index contributed by atoms with van der Waals surface area (Å²) < 4.78 is 32.7. The van der Waals surface area contributed by atoms with E-state index in [1.165, 1.54) is 18.9 Å². The van der Waals surface area contributed by atoms with Crippen LogP contribution in [0.3, 0.4) is 0 Å². The summed E-state index contributed by atoms with van der Waals surface area (Å²) >= 11 is 0. The maximum Gasteiger partial charge on any atom is 0.191 e. The highest BCUT2D eigenvalue weighted by Gasteiger charge is 2.32. The summed E-state index contributed by atoms with van der Waals surface area (Å²) in [4.78, 5) is 6.60. The third-order valence-electron chi connectivity index (χ3n) is 4.64. The maximum atomic E-state index is 13.6. The van der Waals surface area contributed by atoms with Crippen molar-refractivity contribution in [2.75, 3.05) is 33.3 Å². The van der Waals surface area contributed by atoms with E-state index >= 15 is 0 Å². The monoisotopic (exact) mass is 466 g/mol. The van der Waals surface area contributed by atoms with Crippen molar-refractivity contribution in [3.63, 3.8) is 0 Å². The van der Waals surface area contributed by atoms with E-state index in [4.69, 9.17) is 4.74 Å².